The van der Waals surface area contributed by atoms with Crippen molar-refractivity contribution in [3.8, 4) is 0 Å². The largest absolute Gasteiger partial charge is 0.305 e. The van der Waals surface area contributed by atoms with Gasteiger partial charge < -0.3 is 0 Å². The van der Waals surface area contributed by atoms with Crippen molar-refractivity contribution in [3.05, 3.63) is 80.3 Å². The first-order chi connectivity index (χ1) is 19.4. The van der Waals surface area contributed by atoms with Crippen molar-refractivity contribution in [2.24, 2.45) is 11.8 Å². The monoisotopic (exact) mass is 825 g/mol. The van der Waals surface area contributed by atoms with Gasteiger partial charge in [0.25, 0.3) is 10.0 Å². The van der Waals surface area contributed by atoms with Crippen LogP contribution in [0.2, 0.25) is 5.02 Å². The predicted octanol–water partition coefficient (Wildman–Crippen LogP) is 9.14. The summed E-state index contributed by atoms with van der Waals surface area (Å²) in [6.45, 7) is 2.20. The second-order valence-corrected chi connectivity index (χ2v) is 15.9. The summed E-state index contributed by atoms with van der Waals surface area (Å²) in [7, 11) is -3.87. The number of benzene rings is 2. The molecule has 0 unspecified atom stereocenters. The molecule has 2 aromatic carbocycles. The molecule has 0 spiro atoms. The van der Waals surface area contributed by atoms with Gasteiger partial charge in [-0.3, -0.25) is 4.72 Å². The van der Waals surface area contributed by atoms with Gasteiger partial charge in [-0.25, -0.2) is 18.4 Å². The van der Waals surface area contributed by atoms with Crippen molar-refractivity contribution in [2.75, 3.05) is 4.72 Å². The fraction of sp³-hybridized carbons (Fsp3) is 0.467. The summed E-state index contributed by atoms with van der Waals surface area (Å²) in [5, 5.41) is 0.438. The molecule has 2 fully saturated rings. The molecule has 1 heterocycles. The van der Waals surface area contributed by atoms with E-state index >= 15 is 0 Å². The third-order valence-electron chi connectivity index (χ3n) is 8.70. The van der Waals surface area contributed by atoms with Crippen molar-refractivity contribution < 1.29 is 17.2 Å². The number of aromatic nitrogens is 2. The molecule has 3 aromatic rings. The highest BCUT2D eigenvalue weighted by Gasteiger charge is 2.61. The van der Waals surface area contributed by atoms with E-state index in [-0.39, 0.29) is 10.7 Å². The summed E-state index contributed by atoms with van der Waals surface area (Å²) < 4.78 is 55.3. The molecule has 2 saturated carbocycles. The topological polar surface area (TPSA) is 72.0 Å². The molecule has 0 aliphatic heterocycles. The van der Waals surface area contributed by atoms with Crippen LogP contribution < -0.4 is 4.72 Å². The van der Waals surface area contributed by atoms with Gasteiger partial charge in [0.05, 0.1) is 5.41 Å². The van der Waals surface area contributed by atoms with E-state index in [2.05, 4.69) is 50.3 Å². The number of hydrogen-bond donors (Lipinski definition) is 1. The van der Waals surface area contributed by atoms with E-state index in [1.165, 1.54) is 52.8 Å². The van der Waals surface area contributed by atoms with Crippen LogP contribution in [-0.4, -0.2) is 22.3 Å². The Morgan fingerprint density at radius 2 is 1.93 bits per heavy atom. The third-order valence-corrected chi connectivity index (χ3v) is 12.7. The maximum Gasteiger partial charge on any atom is 0.305 e. The number of halogens is 5. The minimum absolute atomic E-state index is 0.115. The molecule has 0 radical (unpaired) electrons. The highest BCUT2D eigenvalue weighted by Crippen LogP contribution is 2.61. The van der Waals surface area contributed by atoms with Crippen LogP contribution in [0.4, 0.5) is 14.6 Å². The van der Waals surface area contributed by atoms with E-state index < -0.39 is 19.4 Å². The lowest BCUT2D eigenvalue weighted by Gasteiger charge is -2.37. The number of rotatable bonds is 10. The zero-order valence-electron chi connectivity index (χ0n) is 22.6. The molecule has 2 aliphatic carbocycles. The Morgan fingerprint density at radius 3 is 2.59 bits per heavy atom. The van der Waals surface area contributed by atoms with E-state index in [1.807, 2.05) is 24.3 Å². The number of anilines is 1. The molecule has 3 atom stereocenters. The van der Waals surface area contributed by atoms with E-state index in [1.54, 1.807) is 0 Å². The Balaban J connectivity index is 1.32. The molecule has 41 heavy (non-hydrogen) atoms. The number of nitrogens with one attached hydrogen (secondary N) is 1. The maximum absolute atomic E-state index is 14.4. The lowest BCUT2D eigenvalue weighted by molar-refractivity contribution is 0.0810. The van der Waals surface area contributed by atoms with Gasteiger partial charge in [-0.15, -0.1) is 0 Å². The first kappa shape index (κ1) is 31.3. The van der Waals surface area contributed by atoms with Gasteiger partial charge in [0, 0.05) is 14.8 Å². The third kappa shape index (κ3) is 6.85. The van der Waals surface area contributed by atoms with Gasteiger partial charge in [-0.1, -0.05) is 55.6 Å². The van der Waals surface area contributed by atoms with Gasteiger partial charge in [0.1, 0.15) is 17.0 Å². The van der Waals surface area contributed by atoms with Crippen LogP contribution in [0, 0.1) is 15.4 Å². The molecule has 0 amide bonds. The molecule has 2 aliphatic rings. The summed E-state index contributed by atoms with van der Waals surface area (Å²) in [6, 6.07) is 12.9. The average Bonchev–Trinajstić information content (AvgIpc) is 3.75. The molecule has 11 heteroatoms. The number of hydrogen-bond acceptors (Lipinski definition) is 4. The summed E-state index contributed by atoms with van der Waals surface area (Å²) >= 11 is 10.1. The Morgan fingerprint density at radius 1 is 1.15 bits per heavy atom. The summed E-state index contributed by atoms with van der Waals surface area (Å²) in [6.07, 6.45) is 9.76. The molecule has 0 saturated heterocycles. The van der Waals surface area contributed by atoms with Crippen molar-refractivity contribution in [1.82, 2.24) is 9.97 Å². The highest BCUT2D eigenvalue weighted by molar-refractivity contribution is 14.1. The zero-order valence-corrected chi connectivity index (χ0v) is 28.5. The SMILES string of the molecule is CCC[C@H]1C[C@@H](c2cccc(C3(C(F)(F)I)CC3)c2)CC[C@@H]1Cc1cc(I)c(S(=O)(=O)Nc2ccncn2)cc1Cl. The van der Waals surface area contributed by atoms with Crippen LogP contribution >= 0.6 is 56.8 Å². The zero-order chi connectivity index (χ0) is 29.4. The van der Waals surface area contributed by atoms with Crippen LogP contribution in [0.5, 0.6) is 0 Å². The summed E-state index contributed by atoms with van der Waals surface area (Å²) in [4.78, 5) is 7.88. The van der Waals surface area contributed by atoms with Gasteiger partial charge in [-0.05, 0) is 136 Å². The Hall–Kier alpha value is -1.12. The first-order valence-corrected chi connectivity index (χ1v) is 17.9. The summed E-state index contributed by atoms with van der Waals surface area (Å²) in [5.74, 6) is 1.42. The smallest absolute Gasteiger partial charge is 0.263 e. The molecule has 0 bridgehead atoms. The lowest BCUT2D eigenvalue weighted by Crippen LogP contribution is -2.28. The second-order valence-electron chi connectivity index (χ2n) is 11.3. The second kappa shape index (κ2) is 12.5. The number of sulfonamides is 1. The molecule has 5 nitrogen and oxygen atoms in total. The summed E-state index contributed by atoms with van der Waals surface area (Å²) in [5.41, 5.74) is 1.88. The minimum Gasteiger partial charge on any atom is -0.263 e. The quantitative estimate of drug-likeness (QED) is 0.164. The molecular weight excluding hydrogens is 794 g/mol. The van der Waals surface area contributed by atoms with Crippen molar-refractivity contribution in [3.63, 3.8) is 0 Å². The van der Waals surface area contributed by atoms with Crippen LogP contribution in [0.25, 0.3) is 0 Å². The number of alkyl halides is 3. The van der Waals surface area contributed by atoms with Crippen molar-refractivity contribution in [1.29, 1.82) is 0 Å². The van der Waals surface area contributed by atoms with Crippen LogP contribution in [-0.2, 0) is 21.9 Å². The lowest BCUT2D eigenvalue weighted by atomic mass is 9.68. The van der Waals surface area contributed by atoms with Crippen molar-refractivity contribution >= 4 is 72.6 Å². The number of nitrogens with zero attached hydrogens (tertiary/aromatic N) is 2. The van der Waals surface area contributed by atoms with Crippen LogP contribution in [0.15, 0.2) is 59.9 Å². The van der Waals surface area contributed by atoms with Gasteiger partial charge >= 0.3 is 3.93 Å². The Bertz CT molecular complexity index is 1500. The Labute approximate surface area is 273 Å². The average molecular weight is 826 g/mol. The standard InChI is InChI=1S/C30H32ClF2I2N3O2S/c1-2-4-19-13-21(20-5-3-6-24(15-20)29(10-11-29)30(32,33)35)7-8-22(19)14-23-16-26(34)27(17-25(23)31)41(39,40)38-28-9-12-36-18-37-28/h3,5-6,9,12,15-19,21-22H,2,4,7-8,10-11,13-14H2,1H3,(H,36,37,38)/t19-,21-,22+/m0/s1. The molecule has 1 aromatic heterocycles. The molecule has 1 N–H and O–H groups in total. The van der Waals surface area contributed by atoms with Gasteiger partial charge in [0.15, 0.2) is 0 Å². The van der Waals surface area contributed by atoms with E-state index in [0.717, 1.165) is 49.7 Å². The van der Waals surface area contributed by atoms with E-state index in [0.29, 0.717) is 39.2 Å². The minimum atomic E-state index is -3.87. The normalized spacial score (nSPS) is 22.3. The fourth-order valence-electron chi connectivity index (χ4n) is 6.33. The van der Waals surface area contributed by atoms with E-state index in [4.69, 9.17) is 11.6 Å². The fourth-order valence-corrected chi connectivity index (χ4v) is 9.98. The molecule has 220 valence electrons. The Kier molecular flexibility index (Phi) is 9.52. The van der Waals surface area contributed by atoms with Gasteiger partial charge in [0.2, 0.25) is 0 Å². The highest BCUT2D eigenvalue weighted by atomic mass is 127. The molecule has 5 rings (SSSR count). The van der Waals surface area contributed by atoms with Crippen LogP contribution in [0.3, 0.4) is 0 Å². The maximum atomic E-state index is 14.4. The van der Waals surface area contributed by atoms with E-state index in [9.17, 15) is 17.2 Å². The van der Waals surface area contributed by atoms with Crippen LogP contribution in [0.1, 0.15) is 74.5 Å². The predicted molar refractivity (Wildman–Crippen MR) is 176 cm³/mol. The van der Waals surface area contributed by atoms with Gasteiger partial charge in [-0.2, -0.15) is 8.78 Å². The van der Waals surface area contributed by atoms with Crippen molar-refractivity contribution in [2.45, 2.75) is 78.4 Å². The first-order valence-electron chi connectivity index (χ1n) is 13.9. The molecular formula is C30H32ClF2I2N3O2S.